The number of allylic oxidation sites excluding steroid dienone is 5. The minimum atomic E-state index is -2.17. The quantitative estimate of drug-likeness (QED) is 0.110. The number of hydrogen-bond acceptors (Lipinski definition) is 12. The fraction of sp³-hybridized carbons (Fsp3) is 0.580. The number of piperazine rings is 1. The molecular formula is C50H68N6O7. The van der Waals surface area contributed by atoms with E-state index < -0.39 is 46.2 Å². The second-order valence-electron chi connectivity index (χ2n) is 19.5. The Kier molecular flexibility index (Phi) is 13.1. The molecule has 1 saturated heterocycles. The van der Waals surface area contributed by atoms with Gasteiger partial charge in [-0.1, -0.05) is 43.2 Å². The molecule has 6 atom stereocenters. The lowest BCUT2D eigenvalue weighted by atomic mass is 9.43. The minimum absolute atomic E-state index is 0.0621. The second kappa shape index (κ2) is 18.0. The van der Waals surface area contributed by atoms with Crippen LogP contribution in [0.3, 0.4) is 0 Å². The van der Waals surface area contributed by atoms with Gasteiger partial charge < -0.3 is 45.7 Å². The van der Waals surface area contributed by atoms with Crippen LogP contribution >= 0.6 is 0 Å². The maximum absolute atomic E-state index is 15.2. The molecule has 4 aliphatic heterocycles. The molecule has 4 fully saturated rings. The molecule has 7 aliphatic rings. The predicted octanol–water partition coefficient (Wildman–Crippen LogP) is 5.54. The third-order valence-corrected chi connectivity index (χ3v) is 14.1. The number of benzene rings is 1. The topological polar surface area (TPSA) is 183 Å². The van der Waals surface area contributed by atoms with Crippen molar-refractivity contribution in [1.82, 2.24) is 20.4 Å². The average Bonchev–Trinajstić information content (AvgIpc) is 3.23. The number of rotatable bonds is 15. The Morgan fingerprint density at radius 2 is 1.83 bits per heavy atom. The van der Waals surface area contributed by atoms with Gasteiger partial charge in [0.2, 0.25) is 5.91 Å². The van der Waals surface area contributed by atoms with E-state index in [1.54, 1.807) is 13.0 Å². The van der Waals surface area contributed by atoms with Crippen molar-refractivity contribution in [2.24, 2.45) is 29.4 Å². The van der Waals surface area contributed by atoms with Crippen LogP contribution < -0.4 is 30.6 Å². The van der Waals surface area contributed by atoms with Gasteiger partial charge in [-0.3, -0.25) is 14.5 Å². The summed E-state index contributed by atoms with van der Waals surface area (Å²) in [4.78, 5) is 33.0. The first-order chi connectivity index (χ1) is 29.9. The molecule has 1 aromatic rings. The van der Waals surface area contributed by atoms with E-state index in [0.29, 0.717) is 60.1 Å². The van der Waals surface area contributed by atoms with Crippen molar-refractivity contribution < 1.29 is 34.0 Å². The number of nitrogens with zero attached hydrogens (tertiary/aromatic N) is 3. The van der Waals surface area contributed by atoms with Crippen molar-refractivity contribution in [3.05, 3.63) is 74.7 Å². The number of nitrogens with two attached hydrogens (primary N) is 1. The van der Waals surface area contributed by atoms with Crippen LogP contribution in [0.5, 0.6) is 17.2 Å². The Morgan fingerprint density at radius 3 is 2.48 bits per heavy atom. The maximum atomic E-state index is 15.2. The molecule has 4 heterocycles. The SMILES string of the molecule is CC(C)=CCCC1(C)C=Cc2c(c(CC=C(C)C)c3c(c2OCCN2CCN(C)CC2)C2=C4C(C(C#N)=C(N)N2)C2CC(C(C)C)C4(O3)C(O)(C/C=C(/C)C(=O)NCCO)C2=O)O1. The molecule has 1 amide bonds. The van der Waals surface area contributed by atoms with Gasteiger partial charge in [0.1, 0.15) is 35.3 Å². The zero-order valence-corrected chi connectivity index (χ0v) is 38.7. The second-order valence-corrected chi connectivity index (χ2v) is 19.5. The van der Waals surface area contributed by atoms with Gasteiger partial charge in [0, 0.05) is 80.2 Å². The van der Waals surface area contributed by atoms with Crippen molar-refractivity contribution >= 4 is 23.5 Å². The number of ether oxygens (including phenoxy) is 3. The average molecular weight is 865 g/mol. The number of carbonyl (C=O) groups is 2. The first-order valence-electron chi connectivity index (χ1n) is 22.8. The molecule has 1 aromatic carbocycles. The highest BCUT2D eigenvalue weighted by Gasteiger charge is 2.76. The van der Waals surface area contributed by atoms with E-state index >= 15 is 4.79 Å². The molecule has 6 N–H and O–H groups in total. The van der Waals surface area contributed by atoms with Gasteiger partial charge in [-0.05, 0) is 92.3 Å². The highest BCUT2D eigenvalue weighted by Crippen LogP contribution is 2.68. The van der Waals surface area contributed by atoms with E-state index in [1.165, 1.54) is 5.57 Å². The molecule has 3 saturated carbocycles. The Balaban J connectivity index is 1.51. The van der Waals surface area contributed by atoms with Crippen LogP contribution in [0.4, 0.5) is 0 Å². The van der Waals surface area contributed by atoms with Crippen molar-refractivity contribution in [2.45, 2.75) is 104 Å². The molecule has 1 spiro atoms. The number of nitrogens with one attached hydrogen (secondary N) is 2. The predicted molar refractivity (Wildman–Crippen MR) is 244 cm³/mol. The largest absolute Gasteiger partial charge is 0.491 e. The monoisotopic (exact) mass is 865 g/mol. The summed E-state index contributed by atoms with van der Waals surface area (Å²) < 4.78 is 21.9. The molecule has 0 aromatic heterocycles. The number of fused-ring (bicyclic) bond motifs is 5. The van der Waals surface area contributed by atoms with E-state index in [2.05, 4.69) is 92.5 Å². The molecule has 2 bridgehead atoms. The van der Waals surface area contributed by atoms with Gasteiger partial charge >= 0.3 is 0 Å². The number of hydrogen-bond donors (Lipinski definition) is 5. The van der Waals surface area contributed by atoms with Crippen LogP contribution in [0.2, 0.25) is 0 Å². The number of amides is 1. The molecule has 3 aliphatic carbocycles. The van der Waals surface area contributed by atoms with E-state index in [0.717, 1.165) is 55.7 Å². The standard InChI is InChI=1S/C50H68N6O7/c1-29(2)11-10-16-48(8)17-15-34-42(62-48)33(13-12-30(3)4)44-39(43(34)61-26-24-56-22-20-55(9)21-23-56)41-40-38(36(28-51)46(52)54-41)35-27-37(31(5)6)50(40,63-44)49(60,45(35)58)18-14-32(7)47(59)53-19-25-57/h11-12,14-15,17,31,35,37-38,54,57,60H,10,13,16,18-27,52H2,1-9H3,(H,53,59)/b32-14-. The zero-order chi connectivity index (χ0) is 45.6. The van der Waals surface area contributed by atoms with E-state index in [1.807, 2.05) is 13.8 Å². The number of dihydropyridines is 1. The van der Waals surface area contributed by atoms with Crippen LogP contribution in [-0.4, -0.2) is 108 Å². The summed E-state index contributed by atoms with van der Waals surface area (Å²) in [6.07, 6.45) is 12.2. The van der Waals surface area contributed by atoms with E-state index in [9.17, 15) is 20.3 Å². The number of nitriles is 1. The van der Waals surface area contributed by atoms with Gasteiger partial charge in [-0.15, -0.1) is 0 Å². The number of ketones is 1. The van der Waals surface area contributed by atoms with Gasteiger partial charge in [-0.25, -0.2) is 0 Å². The first kappa shape index (κ1) is 46.1. The zero-order valence-electron chi connectivity index (χ0n) is 38.7. The van der Waals surface area contributed by atoms with Gasteiger partial charge in [0.05, 0.1) is 35.1 Å². The smallest absolute Gasteiger partial charge is 0.246 e. The highest BCUT2D eigenvalue weighted by molar-refractivity contribution is 6.01. The van der Waals surface area contributed by atoms with Crippen LogP contribution in [0.1, 0.15) is 97.8 Å². The summed E-state index contributed by atoms with van der Waals surface area (Å²) >= 11 is 0. The number of likely N-dealkylation sites (N-methyl/N-ethyl adjacent to an activating group) is 1. The fourth-order valence-electron chi connectivity index (χ4n) is 10.7. The number of aliphatic hydroxyl groups is 2. The fourth-order valence-corrected chi connectivity index (χ4v) is 10.7. The molecule has 63 heavy (non-hydrogen) atoms. The normalized spacial score (nSPS) is 28.6. The van der Waals surface area contributed by atoms with E-state index in [4.69, 9.17) is 19.9 Å². The van der Waals surface area contributed by atoms with Crippen molar-refractivity contribution in [3.63, 3.8) is 0 Å². The lowest BCUT2D eigenvalue weighted by molar-refractivity contribution is -0.209. The third kappa shape index (κ3) is 8.13. The molecule has 13 nitrogen and oxygen atoms in total. The summed E-state index contributed by atoms with van der Waals surface area (Å²) in [6, 6.07) is 2.34. The van der Waals surface area contributed by atoms with Crippen LogP contribution in [0, 0.1) is 35.0 Å². The molecular weight excluding hydrogens is 797 g/mol. The lowest BCUT2D eigenvalue weighted by Crippen LogP contribution is -2.78. The molecule has 8 rings (SSSR count). The summed E-state index contributed by atoms with van der Waals surface area (Å²) in [7, 11) is 2.14. The van der Waals surface area contributed by atoms with Gasteiger partial charge in [-0.2, -0.15) is 5.26 Å². The molecule has 340 valence electrons. The molecule has 0 radical (unpaired) electrons. The number of carbonyl (C=O) groups excluding carboxylic acids is 2. The minimum Gasteiger partial charge on any atom is -0.491 e. The highest BCUT2D eigenvalue weighted by atomic mass is 16.5. The molecule has 13 heteroatoms. The lowest BCUT2D eigenvalue weighted by Gasteiger charge is -2.65. The Labute approximate surface area is 373 Å². The van der Waals surface area contributed by atoms with E-state index in [-0.39, 0.29) is 42.5 Å². The van der Waals surface area contributed by atoms with Crippen molar-refractivity contribution in [1.29, 1.82) is 5.26 Å². The Bertz CT molecular complexity index is 2250. The first-order valence-corrected chi connectivity index (χ1v) is 22.8. The summed E-state index contributed by atoms with van der Waals surface area (Å²) in [5, 5.41) is 39.8. The number of Topliss-reactive ketones (excluding diaryl/α,β-unsaturated/α-hetero) is 1. The van der Waals surface area contributed by atoms with Gasteiger partial charge in [0.15, 0.2) is 17.0 Å². The molecule has 6 unspecified atom stereocenters. The van der Waals surface area contributed by atoms with Gasteiger partial charge in [0.25, 0.3) is 0 Å². The Morgan fingerprint density at radius 1 is 1.11 bits per heavy atom. The Hall–Kier alpha value is -4.87. The maximum Gasteiger partial charge on any atom is 0.246 e. The van der Waals surface area contributed by atoms with Crippen LogP contribution in [-0.2, 0) is 16.0 Å². The van der Waals surface area contributed by atoms with Crippen molar-refractivity contribution in [2.75, 3.05) is 59.5 Å². The summed E-state index contributed by atoms with van der Waals surface area (Å²) in [5.41, 5.74) is 8.47. The summed E-state index contributed by atoms with van der Waals surface area (Å²) in [6.45, 7) is 20.8. The third-order valence-electron chi connectivity index (χ3n) is 14.1. The summed E-state index contributed by atoms with van der Waals surface area (Å²) in [5.74, 6) is -1.17. The van der Waals surface area contributed by atoms with Crippen molar-refractivity contribution in [3.8, 4) is 23.3 Å². The van der Waals surface area contributed by atoms with Crippen LogP contribution in [0.25, 0.3) is 11.8 Å². The van der Waals surface area contributed by atoms with Crippen LogP contribution in [0.15, 0.2) is 58.0 Å². The number of aliphatic hydroxyl groups excluding tert-OH is 1.